The van der Waals surface area contributed by atoms with Gasteiger partial charge in [-0.2, -0.15) is 0 Å². The number of urea groups is 1. The summed E-state index contributed by atoms with van der Waals surface area (Å²) in [6, 6.07) is 8.80. The number of guanidine groups is 1. The Morgan fingerprint density at radius 2 is 1.61 bits per heavy atom. The van der Waals surface area contributed by atoms with Crippen molar-refractivity contribution in [3.8, 4) is 0 Å². The minimum Gasteiger partial charge on any atom is -0.357 e. The van der Waals surface area contributed by atoms with Crippen molar-refractivity contribution in [2.45, 2.75) is 79.6 Å². The van der Waals surface area contributed by atoms with Gasteiger partial charge in [0.05, 0.1) is 6.54 Å². The molecule has 0 aliphatic carbocycles. The molecule has 0 aliphatic rings. The molecule has 0 spiro atoms. The van der Waals surface area contributed by atoms with Crippen LogP contribution in [0.5, 0.6) is 0 Å². The first-order chi connectivity index (χ1) is 14.2. The largest absolute Gasteiger partial charge is 0.357 e. The number of nitrogens with zero attached hydrogens (tertiary/aromatic N) is 2. The number of amides is 2. The molecule has 2 amide bonds. The Morgan fingerprint density at radius 1 is 1.00 bits per heavy atom. The van der Waals surface area contributed by atoms with Crippen LogP contribution in [0.3, 0.4) is 0 Å². The number of anilines is 1. The number of carbonyl (C=O) groups excluding carboxylic acids is 1. The summed E-state index contributed by atoms with van der Waals surface area (Å²) >= 11 is 0. The Kier molecular flexibility index (Phi) is 15.3. The van der Waals surface area contributed by atoms with Crippen LogP contribution in [-0.2, 0) is 6.54 Å². The highest BCUT2D eigenvalue weighted by Gasteiger charge is 2.12. The molecule has 0 atom stereocenters. The molecule has 31 heavy (non-hydrogen) atoms. The van der Waals surface area contributed by atoms with Crippen molar-refractivity contribution in [1.82, 2.24) is 20.9 Å². The average molecular weight is 547 g/mol. The smallest absolute Gasteiger partial charge is 0.319 e. The van der Waals surface area contributed by atoms with Crippen molar-refractivity contribution in [3.63, 3.8) is 0 Å². The first-order valence-corrected chi connectivity index (χ1v) is 11.2. The number of benzene rings is 1. The van der Waals surface area contributed by atoms with Crippen LogP contribution in [0.15, 0.2) is 29.3 Å². The molecule has 0 saturated carbocycles. The summed E-state index contributed by atoms with van der Waals surface area (Å²) in [7, 11) is 0. The maximum absolute atomic E-state index is 11.8. The fraction of sp³-hybridized carbons (Fsp3) is 0.652. The van der Waals surface area contributed by atoms with E-state index in [1.165, 1.54) is 0 Å². The molecule has 8 heteroatoms. The van der Waals surface area contributed by atoms with Gasteiger partial charge in [-0.05, 0) is 72.6 Å². The van der Waals surface area contributed by atoms with Gasteiger partial charge < -0.3 is 21.3 Å². The molecule has 7 nitrogen and oxygen atoms in total. The number of halogens is 1. The van der Waals surface area contributed by atoms with Gasteiger partial charge in [-0.1, -0.05) is 12.1 Å². The third-order valence-corrected chi connectivity index (χ3v) is 4.61. The summed E-state index contributed by atoms with van der Waals surface area (Å²) in [5.41, 5.74) is 1.86. The van der Waals surface area contributed by atoms with Crippen LogP contribution in [0.25, 0.3) is 0 Å². The van der Waals surface area contributed by atoms with Gasteiger partial charge in [-0.3, -0.25) is 4.90 Å². The molecular formula is C23H43IN6O. The monoisotopic (exact) mass is 546 g/mol. The molecule has 0 bridgehead atoms. The van der Waals surface area contributed by atoms with E-state index >= 15 is 0 Å². The Bertz CT molecular complexity index is 638. The average Bonchev–Trinajstić information content (AvgIpc) is 2.65. The second-order valence-electron chi connectivity index (χ2n) is 8.35. The van der Waals surface area contributed by atoms with Crippen LogP contribution in [0.2, 0.25) is 0 Å². The molecule has 4 N–H and O–H groups in total. The summed E-state index contributed by atoms with van der Waals surface area (Å²) in [6.07, 6.45) is 1.07. The zero-order chi connectivity index (χ0) is 22.5. The highest BCUT2D eigenvalue weighted by molar-refractivity contribution is 14.0. The third-order valence-electron chi connectivity index (χ3n) is 4.61. The van der Waals surface area contributed by atoms with Crippen molar-refractivity contribution in [3.05, 3.63) is 29.8 Å². The van der Waals surface area contributed by atoms with Crippen LogP contribution in [0.4, 0.5) is 10.5 Å². The van der Waals surface area contributed by atoms with Crippen molar-refractivity contribution in [2.24, 2.45) is 4.99 Å². The summed E-state index contributed by atoms with van der Waals surface area (Å²) in [5, 5.41) is 12.4. The van der Waals surface area contributed by atoms with Gasteiger partial charge >= 0.3 is 6.03 Å². The van der Waals surface area contributed by atoms with Crippen molar-refractivity contribution in [1.29, 1.82) is 0 Å². The number of carbonyl (C=O) groups is 1. The topological polar surface area (TPSA) is 80.8 Å². The zero-order valence-electron chi connectivity index (χ0n) is 20.3. The second kappa shape index (κ2) is 16.1. The van der Waals surface area contributed by atoms with Gasteiger partial charge in [-0.25, -0.2) is 9.79 Å². The highest BCUT2D eigenvalue weighted by Crippen LogP contribution is 2.10. The lowest BCUT2D eigenvalue weighted by atomic mass is 10.2. The normalized spacial score (nSPS) is 11.6. The molecule has 178 valence electrons. The van der Waals surface area contributed by atoms with E-state index in [1.807, 2.05) is 38.1 Å². The van der Waals surface area contributed by atoms with Gasteiger partial charge in [0.1, 0.15) is 0 Å². The van der Waals surface area contributed by atoms with Crippen molar-refractivity contribution < 1.29 is 4.79 Å². The van der Waals surface area contributed by atoms with Crippen molar-refractivity contribution in [2.75, 3.05) is 25.0 Å². The Morgan fingerprint density at radius 3 is 2.13 bits per heavy atom. The van der Waals surface area contributed by atoms with E-state index in [4.69, 9.17) is 0 Å². The van der Waals surface area contributed by atoms with E-state index in [0.29, 0.717) is 18.6 Å². The molecule has 0 unspecified atom stereocenters. The first kappa shape index (κ1) is 29.5. The van der Waals surface area contributed by atoms with Gasteiger partial charge in [0.15, 0.2) is 5.96 Å². The lowest BCUT2D eigenvalue weighted by Crippen LogP contribution is -2.41. The molecule has 0 aliphatic heterocycles. The van der Waals surface area contributed by atoms with E-state index < -0.39 is 0 Å². The number of aliphatic imine (C=N–C) groups is 1. The van der Waals surface area contributed by atoms with Crippen LogP contribution >= 0.6 is 24.0 Å². The van der Waals surface area contributed by atoms with Gasteiger partial charge in [0.2, 0.25) is 0 Å². The minimum absolute atomic E-state index is 0. The summed E-state index contributed by atoms with van der Waals surface area (Å²) in [5.74, 6) is 0.830. The number of rotatable bonds is 11. The third kappa shape index (κ3) is 12.8. The molecule has 0 aromatic heterocycles. The minimum atomic E-state index is -0.192. The number of hydrogen-bond acceptors (Lipinski definition) is 3. The number of hydrogen-bond donors (Lipinski definition) is 4. The highest BCUT2D eigenvalue weighted by atomic mass is 127. The Balaban J connectivity index is 0.00000900. The summed E-state index contributed by atoms with van der Waals surface area (Å²) < 4.78 is 0. The van der Waals surface area contributed by atoms with Crippen LogP contribution in [0.1, 0.15) is 60.5 Å². The lowest BCUT2D eigenvalue weighted by Gasteiger charge is -2.30. The summed E-state index contributed by atoms with van der Waals surface area (Å²) in [4.78, 5) is 19.0. The van der Waals surface area contributed by atoms with Crippen LogP contribution in [0, 0.1) is 0 Å². The molecule has 0 radical (unpaired) electrons. The quantitative estimate of drug-likeness (QED) is 0.144. The van der Waals surface area contributed by atoms with Gasteiger partial charge in [-0.15, -0.1) is 24.0 Å². The van der Waals surface area contributed by atoms with E-state index in [-0.39, 0.29) is 36.0 Å². The standard InChI is InChI=1S/C23H42N6O.HI/c1-8-24-22(25-14-9-15-29(18(4)5)19(6)7)26-16-20-10-12-21(13-11-20)28-23(30)27-17(2)3;/h10-13,17-19H,8-9,14-16H2,1-7H3,(H2,24,25,26)(H2,27,28,30);1H. The van der Waals surface area contributed by atoms with Gasteiger partial charge in [0, 0.05) is 43.4 Å². The predicted molar refractivity (Wildman–Crippen MR) is 144 cm³/mol. The molecule has 1 rings (SSSR count). The Labute approximate surface area is 206 Å². The van der Waals surface area contributed by atoms with E-state index in [0.717, 1.165) is 43.3 Å². The van der Waals surface area contributed by atoms with Crippen LogP contribution in [-0.4, -0.2) is 54.7 Å². The maximum Gasteiger partial charge on any atom is 0.319 e. The van der Waals surface area contributed by atoms with Gasteiger partial charge in [0.25, 0.3) is 0 Å². The maximum atomic E-state index is 11.8. The lowest BCUT2D eigenvalue weighted by molar-refractivity contribution is 0.173. The summed E-state index contributed by atoms with van der Waals surface area (Å²) in [6.45, 7) is 18.3. The molecule has 0 fully saturated rings. The zero-order valence-corrected chi connectivity index (χ0v) is 22.6. The predicted octanol–water partition coefficient (Wildman–Crippen LogP) is 4.40. The first-order valence-electron chi connectivity index (χ1n) is 11.2. The fourth-order valence-corrected chi connectivity index (χ4v) is 3.22. The van der Waals surface area contributed by atoms with E-state index in [9.17, 15) is 4.79 Å². The number of nitrogens with one attached hydrogen (secondary N) is 4. The molecular weight excluding hydrogens is 503 g/mol. The van der Waals surface area contributed by atoms with Crippen molar-refractivity contribution >= 4 is 41.7 Å². The molecule has 1 aromatic rings. The Hall–Kier alpha value is -1.55. The van der Waals surface area contributed by atoms with E-state index in [2.05, 4.69) is 65.8 Å². The van der Waals surface area contributed by atoms with Crippen LogP contribution < -0.4 is 21.3 Å². The molecule has 0 heterocycles. The molecule has 0 saturated heterocycles. The fourth-order valence-electron chi connectivity index (χ4n) is 3.22. The second-order valence-corrected chi connectivity index (χ2v) is 8.35. The SMILES string of the molecule is CCNC(=NCc1ccc(NC(=O)NC(C)C)cc1)NCCCN(C(C)C)C(C)C.I. The molecule has 1 aromatic carbocycles. The van der Waals surface area contributed by atoms with E-state index in [1.54, 1.807) is 0 Å².